The van der Waals surface area contributed by atoms with Crippen molar-refractivity contribution in [1.82, 2.24) is 9.97 Å². The number of hydrogen-bond acceptors (Lipinski definition) is 4. The number of benzene rings is 4. The maximum atomic E-state index is 6.69. The second kappa shape index (κ2) is 11.9. The van der Waals surface area contributed by atoms with Gasteiger partial charge in [-0.1, -0.05) is 101 Å². The first-order valence-corrected chi connectivity index (χ1v) is 19.4. The number of ether oxygens (including phenoxy) is 1. The Morgan fingerprint density at radius 2 is 1.34 bits per heavy atom. The van der Waals surface area contributed by atoms with Gasteiger partial charge in [-0.05, 0) is 136 Å². The highest BCUT2D eigenvalue weighted by Crippen LogP contribution is 2.57. The molecule has 0 atom stereocenters. The minimum absolute atomic E-state index is 0.174. The van der Waals surface area contributed by atoms with Crippen LogP contribution in [0.2, 0.25) is 0 Å². The Kier molecular flexibility index (Phi) is 7.28. The van der Waals surface area contributed by atoms with Gasteiger partial charge in [0, 0.05) is 23.0 Å². The van der Waals surface area contributed by atoms with Crippen molar-refractivity contribution in [3.63, 3.8) is 0 Å². The standard InChI is InChI=1S/C49H46N2O2/c1-47(2)19-11-20-48(3,4)46(47)35-22-34(31-12-6-5-7-13-31)23-38(24-35)52-43-17-10-16-41(51-43)44-45-39(18-21-50-44)40-25-36-29-49(30-37(36)26-42(40)53-45)27-32-14-8-9-15-33(32)28-49/h5-10,12-18,21-26,46H,11,19-20,27-30H2,1-4H3. The number of rotatable bonds is 5. The molecule has 1 spiro atoms. The van der Waals surface area contributed by atoms with E-state index in [2.05, 4.69) is 119 Å². The molecule has 3 aliphatic rings. The van der Waals surface area contributed by atoms with E-state index in [1.807, 2.05) is 24.4 Å². The molecule has 4 nitrogen and oxygen atoms in total. The molecular weight excluding hydrogens is 649 g/mol. The smallest absolute Gasteiger partial charge is 0.219 e. The SMILES string of the molecule is CC1(C)CCCC(C)(C)C1c1cc(Oc2cccc(-c3nccc4c3oc3cc5c(cc34)CC3(Cc4ccccc4C3)C5)n2)cc(-c2ccccc2)c1. The maximum Gasteiger partial charge on any atom is 0.219 e. The number of hydrogen-bond donors (Lipinski definition) is 0. The molecule has 3 aliphatic carbocycles. The lowest BCUT2D eigenvalue weighted by Crippen LogP contribution is -2.38. The number of fused-ring (bicyclic) bond motifs is 5. The molecule has 3 heterocycles. The van der Waals surface area contributed by atoms with Gasteiger partial charge in [-0.3, -0.25) is 4.98 Å². The van der Waals surface area contributed by atoms with Crippen LogP contribution in [0.3, 0.4) is 0 Å². The van der Waals surface area contributed by atoms with Crippen molar-refractivity contribution in [3.8, 4) is 34.1 Å². The number of aromatic nitrogens is 2. The zero-order chi connectivity index (χ0) is 36.0. The molecule has 0 radical (unpaired) electrons. The summed E-state index contributed by atoms with van der Waals surface area (Å²) in [7, 11) is 0. The van der Waals surface area contributed by atoms with Gasteiger partial charge in [0.1, 0.15) is 17.0 Å². The molecule has 7 aromatic rings. The molecule has 1 fully saturated rings. The van der Waals surface area contributed by atoms with Crippen molar-refractivity contribution in [2.75, 3.05) is 0 Å². The lowest BCUT2D eigenvalue weighted by Gasteiger charge is -2.49. The molecule has 264 valence electrons. The van der Waals surface area contributed by atoms with Crippen molar-refractivity contribution in [3.05, 3.63) is 143 Å². The predicted octanol–water partition coefficient (Wildman–Crippen LogP) is 12.7. The van der Waals surface area contributed by atoms with E-state index in [-0.39, 0.29) is 10.8 Å². The van der Waals surface area contributed by atoms with Gasteiger partial charge < -0.3 is 9.15 Å². The summed E-state index contributed by atoms with van der Waals surface area (Å²) in [6.45, 7) is 9.74. The molecule has 1 saturated carbocycles. The first kappa shape index (κ1) is 32.4. The number of pyridine rings is 2. The van der Waals surface area contributed by atoms with E-state index in [4.69, 9.17) is 19.1 Å². The third kappa shape index (κ3) is 5.57. The molecule has 10 rings (SSSR count). The van der Waals surface area contributed by atoms with Crippen LogP contribution < -0.4 is 4.74 Å². The van der Waals surface area contributed by atoms with Crippen LogP contribution in [0.1, 0.15) is 80.7 Å². The van der Waals surface area contributed by atoms with Crippen LogP contribution in [0.5, 0.6) is 11.6 Å². The monoisotopic (exact) mass is 694 g/mol. The van der Waals surface area contributed by atoms with Crippen molar-refractivity contribution in [2.45, 2.75) is 78.6 Å². The number of furan rings is 1. The summed E-state index contributed by atoms with van der Waals surface area (Å²) < 4.78 is 13.4. The van der Waals surface area contributed by atoms with E-state index in [0.717, 1.165) is 70.3 Å². The summed E-state index contributed by atoms with van der Waals surface area (Å²) in [5, 5.41) is 2.23. The molecule has 0 amide bonds. The molecule has 0 saturated heterocycles. The van der Waals surface area contributed by atoms with Crippen LogP contribution in [-0.4, -0.2) is 9.97 Å². The van der Waals surface area contributed by atoms with Crippen molar-refractivity contribution < 1.29 is 9.15 Å². The Hall–Kier alpha value is -5.22. The summed E-state index contributed by atoms with van der Waals surface area (Å²) in [6, 6.07) is 39.1. The summed E-state index contributed by atoms with van der Waals surface area (Å²) >= 11 is 0. The van der Waals surface area contributed by atoms with E-state index in [1.165, 1.54) is 52.6 Å². The Morgan fingerprint density at radius 3 is 2.09 bits per heavy atom. The third-order valence-electron chi connectivity index (χ3n) is 12.9. The van der Waals surface area contributed by atoms with Crippen LogP contribution in [-0.2, 0) is 25.7 Å². The van der Waals surface area contributed by atoms with Gasteiger partial charge in [0.25, 0.3) is 0 Å². The van der Waals surface area contributed by atoms with Gasteiger partial charge in [-0.25, -0.2) is 4.98 Å². The minimum atomic E-state index is 0.174. The van der Waals surface area contributed by atoms with E-state index >= 15 is 0 Å². The molecule has 0 N–H and O–H groups in total. The second-order valence-corrected chi connectivity index (χ2v) is 17.6. The Balaban J connectivity index is 0.994. The van der Waals surface area contributed by atoms with Crippen LogP contribution >= 0.6 is 0 Å². The fourth-order valence-electron chi connectivity index (χ4n) is 10.9. The summed E-state index contributed by atoms with van der Waals surface area (Å²) in [6.07, 6.45) is 10.1. The van der Waals surface area contributed by atoms with E-state index in [9.17, 15) is 0 Å². The first-order chi connectivity index (χ1) is 25.6. The highest BCUT2D eigenvalue weighted by molar-refractivity contribution is 6.09. The predicted molar refractivity (Wildman–Crippen MR) is 215 cm³/mol. The average Bonchev–Trinajstić information content (AvgIpc) is 3.80. The van der Waals surface area contributed by atoms with E-state index in [1.54, 1.807) is 0 Å². The molecular formula is C49H46N2O2. The zero-order valence-electron chi connectivity index (χ0n) is 31.2. The van der Waals surface area contributed by atoms with Gasteiger partial charge in [0.05, 0.1) is 5.69 Å². The van der Waals surface area contributed by atoms with Crippen molar-refractivity contribution in [1.29, 1.82) is 0 Å². The summed E-state index contributed by atoms with van der Waals surface area (Å²) in [4.78, 5) is 9.88. The van der Waals surface area contributed by atoms with E-state index < -0.39 is 0 Å². The topological polar surface area (TPSA) is 48.2 Å². The normalized spacial score (nSPS) is 18.4. The Morgan fingerprint density at radius 1 is 0.642 bits per heavy atom. The molecule has 4 heteroatoms. The van der Waals surface area contributed by atoms with Crippen molar-refractivity contribution in [2.24, 2.45) is 16.2 Å². The van der Waals surface area contributed by atoms with Crippen LogP contribution in [0, 0.1) is 16.2 Å². The lowest BCUT2D eigenvalue weighted by molar-refractivity contribution is 0.0726. The molecule has 53 heavy (non-hydrogen) atoms. The van der Waals surface area contributed by atoms with Gasteiger partial charge in [0.2, 0.25) is 5.88 Å². The second-order valence-electron chi connectivity index (χ2n) is 17.6. The highest BCUT2D eigenvalue weighted by Gasteiger charge is 2.45. The van der Waals surface area contributed by atoms with Gasteiger partial charge in [-0.15, -0.1) is 0 Å². The minimum Gasteiger partial charge on any atom is -0.454 e. The summed E-state index contributed by atoms with van der Waals surface area (Å²) in [5.41, 5.74) is 13.4. The van der Waals surface area contributed by atoms with Crippen LogP contribution in [0.4, 0.5) is 0 Å². The summed E-state index contributed by atoms with van der Waals surface area (Å²) in [5.74, 6) is 1.73. The van der Waals surface area contributed by atoms with Crippen LogP contribution in [0.25, 0.3) is 44.5 Å². The van der Waals surface area contributed by atoms with Crippen LogP contribution in [0.15, 0.2) is 120 Å². The third-order valence-corrected chi connectivity index (χ3v) is 12.9. The fourth-order valence-corrected chi connectivity index (χ4v) is 10.9. The van der Waals surface area contributed by atoms with Crippen molar-refractivity contribution >= 4 is 21.9 Å². The first-order valence-electron chi connectivity index (χ1n) is 19.4. The average molecular weight is 695 g/mol. The number of nitrogens with zero attached hydrogens (tertiary/aromatic N) is 2. The highest BCUT2D eigenvalue weighted by atomic mass is 16.5. The molecule has 0 bridgehead atoms. The zero-order valence-corrected chi connectivity index (χ0v) is 31.2. The fraction of sp³-hybridized carbons (Fsp3) is 0.306. The maximum absolute atomic E-state index is 6.69. The van der Waals surface area contributed by atoms with Gasteiger partial charge >= 0.3 is 0 Å². The molecule has 4 aromatic carbocycles. The largest absolute Gasteiger partial charge is 0.454 e. The molecule has 3 aromatic heterocycles. The van der Waals surface area contributed by atoms with E-state index in [0.29, 0.717) is 17.2 Å². The lowest BCUT2D eigenvalue weighted by atomic mass is 9.55. The Labute approximate surface area is 312 Å². The van der Waals surface area contributed by atoms with Gasteiger partial charge in [-0.2, -0.15) is 0 Å². The quantitative estimate of drug-likeness (QED) is 0.180. The van der Waals surface area contributed by atoms with Gasteiger partial charge in [0.15, 0.2) is 5.58 Å². The molecule has 0 aliphatic heterocycles. The molecule has 0 unspecified atom stereocenters. The Bertz CT molecular complexity index is 2500.